The third kappa shape index (κ3) is 5.26. The average molecular weight is 356 g/mol. The molecule has 1 atom stereocenters. The summed E-state index contributed by atoms with van der Waals surface area (Å²) in [7, 11) is 0. The Morgan fingerprint density at radius 1 is 1.19 bits per heavy atom. The molecular formula is C15H22Cl3FN2. The molecule has 120 valence electrons. The van der Waals surface area contributed by atoms with Crippen molar-refractivity contribution >= 4 is 36.4 Å². The molecule has 1 heterocycles. The van der Waals surface area contributed by atoms with Gasteiger partial charge in [0.25, 0.3) is 0 Å². The number of halogens is 4. The van der Waals surface area contributed by atoms with Crippen molar-refractivity contribution in [3.8, 4) is 0 Å². The first-order valence-corrected chi connectivity index (χ1v) is 7.51. The molecule has 0 spiro atoms. The lowest BCUT2D eigenvalue weighted by Gasteiger charge is -2.35. The molecule has 6 heteroatoms. The number of hydrogen-bond acceptors (Lipinski definition) is 2. The van der Waals surface area contributed by atoms with Gasteiger partial charge in [-0.05, 0) is 36.1 Å². The molecule has 1 aliphatic heterocycles. The molecule has 1 N–H and O–H groups in total. The fourth-order valence-electron chi connectivity index (χ4n) is 2.93. The van der Waals surface area contributed by atoms with Crippen LogP contribution in [-0.4, -0.2) is 31.1 Å². The van der Waals surface area contributed by atoms with E-state index < -0.39 is 0 Å². The number of rotatable bonds is 4. The van der Waals surface area contributed by atoms with E-state index in [1.165, 1.54) is 18.9 Å². The monoisotopic (exact) mass is 354 g/mol. The normalized spacial score (nSPS) is 20.3. The summed E-state index contributed by atoms with van der Waals surface area (Å²) in [6.07, 6.45) is 3.79. The summed E-state index contributed by atoms with van der Waals surface area (Å²) in [6, 6.07) is 5.29. The number of hydrogen-bond donors (Lipinski definition) is 1. The van der Waals surface area contributed by atoms with E-state index in [-0.39, 0.29) is 30.6 Å². The molecule has 1 aliphatic carbocycles. The molecule has 2 nitrogen and oxygen atoms in total. The Labute approximate surface area is 143 Å². The van der Waals surface area contributed by atoms with Gasteiger partial charge < -0.3 is 5.32 Å². The summed E-state index contributed by atoms with van der Waals surface area (Å²) in [5.74, 6) is 0.598. The van der Waals surface area contributed by atoms with Gasteiger partial charge in [-0.2, -0.15) is 0 Å². The molecule has 2 fully saturated rings. The Hall–Kier alpha value is -0.0600. The van der Waals surface area contributed by atoms with Gasteiger partial charge in [0.15, 0.2) is 0 Å². The molecule has 0 amide bonds. The van der Waals surface area contributed by atoms with Gasteiger partial charge in [-0.3, -0.25) is 4.90 Å². The second-order valence-electron chi connectivity index (χ2n) is 5.68. The molecule has 0 radical (unpaired) electrons. The van der Waals surface area contributed by atoms with Crippen molar-refractivity contribution < 1.29 is 4.39 Å². The highest BCUT2D eigenvalue weighted by Gasteiger charge is 2.30. The van der Waals surface area contributed by atoms with Gasteiger partial charge >= 0.3 is 0 Å². The smallest absolute Gasteiger partial charge is 0.125 e. The lowest BCUT2D eigenvalue weighted by molar-refractivity contribution is 0.160. The Morgan fingerprint density at radius 3 is 2.43 bits per heavy atom. The van der Waals surface area contributed by atoms with E-state index in [1.54, 1.807) is 6.07 Å². The van der Waals surface area contributed by atoms with Gasteiger partial charge in [-0.1, -0.05) is 24.4 Å². The highest BCUT2D eigenvalue weighted by Crippen LogP contribution is 2.40. The van der Waals surface area contributed by atoms with Crippen LogP contribution in [0.5, 0.6) is 0 Å². The predicted molar refractivity (Wildman–Crippen MR) is 90.4 cm³/mol. The SMILES string of the molecule is Cl.Cl.Fc1cc(Cl)cc([C@H](CC2CC2)N2CCNCC2)c1. The highest BCUT2D eigenvalue weighted by atomic mass is 35.5. The largest absolute Gasteiger partial charge is 0.314 e. The van der Waals surface area contributed by atoms with Crippen LogP contribution in [-0.2, 0) is 0 Å². The van der Waals surface area contributed by atoms with Crippen LogP contribution in [0.3, 0.4) is 0 Å². The van der Waals surface area contributed by atoms with Crippen molar-refractivity contribution in [1.29, 1.82) is 0 Å². The quantitative estimate of drug-likeness (QED) is 0.876. The Balaban J connectivity index is 0.00000110. The van der Waals surface area contributed by atoms with Gasteiger partial charge in [-0.15, -0.1) is 24.8 Å². The summed E-state index contributed by atoms with van der Waals surface area (Å²) >= 11 is 6.01. The van der Waals surface area contributed by atoms with Crippen LogP contribution >= 0.6 is 36.4 Å². The van der Waals surface area contributed by atoms with Gasteiger partial charge in [-0.25, -0.2) is 4.39 Å². The van der Waals surface area contributed by atoms with E-state index in [0.29, 0.717) is 11.1 Å². The fraction of sp³-hybridized carbons (Fsp3) is 0.600. The number of piperazine rings is 1. The zero-order valence-corrected chi connectivity index (χ0v) is 14.2. The van der Waals surface area contributed by atoms with Gasteiger partial charge in [0.1, 0.15) is 5.82 Å². The van der Waals surface area contributed by atoms with Crippen molar-refractivity contribution in [3.05, 3.63) is 34.6 Å². The summed E-state index contributed by atoms with van der Waals surface area (Å²) in [5.41, 5.74) is 1.04. The molecule has 1 saturated heterocycles. The summed E-state index contributed by atoms with van der Waals surface area (Å²) in [6.45, 7) is 4.10. The zero-order chi connectivity index (χ0) is 13.2. The van der Waals surface area contributed by atoms with Crippen molar-refractivity contribution in [2.45, 2.75) is 25.3 Å². The first kappa shape index (κ1) is 19.0. The number of benzene rings is 1. The minimum atomic E-state index is -0.224. The molecule has 1 saturated carbocycles. The molecule has 1 aromatic carbocycles. The van der Waals surface area contributed by atoms with E-state index in [2.05, 4.69) is 10.2 Å². The van der Waals surface area contributed by atoms with E-state index in [9.17, 15) is 4.39 Å². The van der Waals surface area contributed by atoms with Crippen LogP contribution in [0.2, 0.25) is 5.02 Å². The molecule has 3 rings (SSSR count). The molecule has 1 aromatic rings. The zero-order valence-electron chi connectivity index (χ0n) is 11.9. The Kier molecular flexibility index (Phi) is 7.72. The highest BCUT2D eigenvalue weighted by molar-refractivity contribution is 6.30. The van der Waals surface area contributed by atoms with Gasteiger partial charge in [0, 0.05) is 37.2 Å². The maximum absolute atomic E-state index is 13.6. The fourth-order valence-corrected chi connectivity index (χ4v) is 3.16. The molecular weight excluding hydrogens is 334 g/mol. The molecule has 0 aromatic heterocycles. The molecule has 0 unspecified atom stereocenters. The maximum Gasteiger partial charge on any atom is 0.125 e. The summed E-state index contributed by atoms with van der Waals surface area (Å²) < 4.78 is 13.6. The lowest BCUT2D eigenvalue weighted by atomic mass is 9.98. The second-order valence-corrected chi connectivity index (χ2v) is 6.12. The van der Waals surface area contributed by atoms with Crippen LogP contribution in [0.25, 0.3) is 0 Å². The third-order valence-electron chi connectivity index (χ3n) is 4.12. The summed E-state index contributed by atoms with van der Waals surface area (Å²) in [4.78, 5) is 2.47. The standard InChI is InChI=1S/C15H20ClFN2.2ClH/c16-13-8-12(9-14(17)10-13)15(7-11-1-2-11)19-5-3-18-4-6-19;;/h8-11,15,18H,1-7H2;2*1H/t15-;;/m0../s1. The minimum Gasteiger partial charge on any atom is -0.314 e. The first-order chi connectivity index (χ1) is 9.22. The van der Waals surface area contributed by atoms with E-state index >= 15 is 0 Å². The average Bonchev–Trinajstić information content (AvgIpc) is 3.20. The van der Waals surface area contributed by atoms with E-state index in [1.807, 2.05) is 6.07 Å². The van der Waals surface area contributed by atoms with Crippen LogP contribution < -0.4 is 5.32 Å². The summed E-state index contributed by atoms with van der Waals surface area (Å²) in [5, 5.41) is 3.88. The van der Waals surface area contributed by atoms with Crippen molar-refractivity contribution in [1.82, 2.24) is 10.2 Å². The van der Waals surface area contributed by atoms with Crippen LogP contribution in [0.4, 0.5) is 4.39 Å². The van der Waals surface area contributed by atoms with Crippen LogP contribution in [0.15, 0.2) is 18.2 Å². The van der Waals surface area contributed by atoms with Crippen molar-refractivity contribution in [2.75, 3.05) is 26.2 Å². The Morgan fingerprint density at radius 2 is 1.86 bits per heavy atom. The van der Waals surface area contributed by atoms with Crippen LogP contribution in [0.1, 0.15) is 30.9 Å². The minimum absolute atomic E-state index is 0. The lowest BCUT2D eigenvalue weighted by Crippen LogP contribution is -2.45. The first-order valence-electron chi connectivity index (χ1n) is 7.13. The third-order valence-corrected chi connectivity index (χ3v) is 4.33. The van der Waals surface area contributed by atoms with Crippen LogP contribution in [0, 0.1) is 11.7 Å². The van der Waals surface area contributed by atoms with Crippen molar-refractivity contribution in [3.63, 3.8) is 0 Å². The van der Waals surface area contributed by atoms with Gasteiger partial charge in [0.2, 0.25) is 0 Å². The maximum atomic E-state index is 13.6. The van der Waals surface area contributed by atoms with Crippen molar-refractivity contribution in [2.24, 2.45) is 5.92 Å². The Bertz CT molecular complexity index is 428. The second kappa shape index (κ2) is 8.54. The molecule has 2 aliphatic rings. The number of nitrogens with zero attached hydrogens (tertiary/aromatic N) is 1. The topological polar surface area (TPSA) is 15.3 Å². The molecule has 21 heavy (non-hydrogen) atoms. The number of nitrogens with one attached hydrogen (secondary N) is 1. The predicted octanol–water partition coefficient (Wildman–Crippen LogP) is 4.07. The van der Waals surface area contributed by atoms with E-state index in [0.717, 1.165) is 44.1 Å². The van der Waals surface area contributed by atoms with Gasteiger partial charge in [0.05, 0.1) is 0 Å². The van der Waals surface area contributed by atoms with E-state index in [4.69, 9.17) is 11.6 Å². The molecule has 0 bridgehead atoms.